The third kappa shape index (κ3) is 2.59. The van der Waals surface area contributed by atoms with Crippen molar-refractivity contribution in [2.45, 2.75) is 6.54 Å². The number of nitriles is 1. The zero-order valence-electron chi connectivity index (χ0n) is 10.6. The van der Waals surface area contributed by atoms with Crippen molar-refractivity contribution < 1.29 is 17.0 Å². The van der Waals surface area contributed by atoms with Gasteiger partial charge in [0.2, 0.25) is 0 Å². The summed E-state index contributed by atoms with van der Waals surface area (Å²) in [7, 11) is -3.88. The minimum Gasteiger partial charge on any atom is -0.370 e. The van der Waals surface area contributed by atoms with Gasteiger partial charge in [-0.3, -0.25) is 0 Å². The largest absolute Gasteiger partial charge is 0.382 e. The second-order valence-corrected chi connectivity index (χ2v) is 5.85. The molecule has 1 heterocycles. The summed E-state index contributed by atoms with van der Waals surface area (Å²) in [4.78, 5) is 0. The highest BCUT2D eigenvalue weighted by Gasteiger charge is 2.25. The summed E-state index contributed by atoms with van der Waals surface area (Å²) in [5.41, 5.74) is 1.78. The van der Waals surface area contributed by atoms with Crippen molar-refractivity contribution in [2.75, 3.05) is 0 Å². The molecular weight excluding hydrogens is 295 g/mol. The normalized spacial score (nSPS) is 15.6. The van der Waals surface area contributed by atoms with Crippen molar-refractivity contribution in [1.29, 1.82) is 5.26 Å². The van der Waals surface area contributed by atoms with Crippen molar-refractivity contribution in [1.82, 2.24) is 4.72 Å². The molecule has 0 radical (unpaired) electrons. The Morgan fingerprint density at radius 1 is 1.24 bits per heavy atom. The van der Waals surface area contributed by atoms with E-state index >= 15 is 0 Å². The molecule has 0 aliphatic carbocycles. The van der Waals surface area contributed by atoms with Gasteiger partial charge >= 0.3 is 10.3 Å². The number of hydrogen-bond acceptors (Lipinski definition) is 4. The Morgan fingerprint density at radius 3 is 2.62 bits per heavy atom. The summed E-state index contributed by atoms with van der Waals surface area (Å²) in [5.74, 6) is -0.377. The number of nitrogens with one attached hydrogen (secondary N) is 1. The summed E-state index contributed by atoms with van der Waals surface area (Å²) in [6.45, 7) is -0.0291. The van der Waals surface area contributed by atoms with E-state index in [9.17, 15) is 12.8 Å². The van der Waals surface area contributed by atoms with Crippen molar-refractivity contribution >= 4 is 10.3 Å². The Hall–Kier alpha value is -2.43. The van der Waals surface area contributed by atoms with Gasteiger partial charge in [-0.2, -0.15) is 18.4 Å². The van der Waals surface area contributed by atoms with E-state index in [1.165, 1.54) is 12.1 Å². The highest BCUT2D eigenvalue weighted by molar-refractivity contribution is 7.85. The molecule has 1 N–H and O–H groups in total. The predicted octanol–water partition coefficient (Wildman–Crippen LogP) is 2.09. The van der Waals surface area contributed by atoms with Crippen LogP contribution in [-0.2, 0) is 16.8 Å². The van der Waals surface area contributed by atoms with Crippen LogP contribution in [0.5, 0.6) is 5.75 Å². The lowest BCUT2D eigenvalue weighted by atomic mass is 10.00. The zero-order chi connectivity index (χ0) is 15.0. The molecule has 0 fully saturated rings. The van der Waals surface area contributed by atoms with Crippen molar-refractivity contribution in [3.63, 3.8) is 0 Å². The lowest BCUT2D eigenvalue weighted by molar-refractivity contribution is 0.452. The van der Waals surface area contributed by atoms with Gasteiger partial charge in [0.05, 0.1) is 11.6 Å². The average Bonchev–Trinajstić information content (AvgIpc) is 2.46. The van der Waals surface area contributed by atoms with Gasteiger partial charge in [0.15, 0.2) is 5.75 Å². The van der Waals surface area contributed by atoms with Gasteiger partial charge in [0.25, 0.3) is 0 Å². The van der Waals surface area contributed by atoms with E-state index < -0.39 is 16.1 Å². The molecule has 2 aromatic carbocycles. The third-order valence-corrected chi connectivity index (χ3v) is 3.97. The average molecular weight is 304 g/mol. The molecule has 7 heteroatoms. The molecular formula is C14H9FN2O3S. The van der Waals surface area contributed by atoms with Gasteiger partial charge in [0.1, 0.15) is 5.82 Å². The summed E-state index contributed by atoms with van der Waals surface area (Å²) in [6, 6.07) is 10.8. The van der Waals surface area contributed by atoms with Gasteiger partial charge < -0.3 is 4.18 Å². The van der Waals surface area contributed by atoms with Crippen LogP contribution in [0.1, 0.15) is 11.1 Å². The molecule has 0 saturated carbocycles. The number of benzene rings is 2. The maximum Gasteiger partial charge on any atom is 0.382 e. The first-order valence-corrected chi connectivity index (χ1v) is 7.41. The molecule has 1 aliphatic heterocycles. The van der Waals surface area contributed by atoms with Crippen LogP contribution in [-0.4, -0.2) is 8.42 Å². The molecule has 0 aromatic heterocycles. The minimum absolute atomic E-state index is 0.0291. The zero-order valence-corrected chi connectivity index (χ0v) is 11.4. The Kier molecular flexibility index (Phi) is 3.12. The molecule has 0 unspecified atom stereocenters. The number of hydrogen-bond donors (Lipinski definition) is 1. The molecule has 21 heavy (non-hydrogen) atoms. The van der Waals surface area contributed by atoms with E-state index in [4.69, 9.17) is 9.44 Å². The van der Waals surface area contributed by atoms with E-state index in [1.54, 1.807) is 24.3 Å². The smallest absolute Gasteiger partial charge is 0.370 e. The fraction of sp³-hybridized carbons (Fsp3) is 0.0714. The van der Waals surface area contributed by atoms with E-state index in [2.05, 4.69) is 4.72 Å². The van der Waals surface area contributed by atoms with Crippen LogP contribution in [0.4, 0.5) is 4.39 Å². The van der Waals surface area contributed by atoms with Crippen LogP contribution in [0.15, 0.2) is 36.4 Å². The van der Waals surface area contributed by atoms with Crippen LogP contribution >= 0.6 is 0 Å². The summed E-state index contributed by atoms with van der Waals surface area (Å²) in [6.07, 6.45) is 0. The second-order valence-electron chi connectivity index (χ2n) is 4.49. The lowest BCUT2D eigenvalue weighted by Crippen LogP contribution is -2.32. The van der Waals surface area contributed by atoms with Gasteiger partial charge in [-0.05, 0) is 29.8 Å². The fourth-order valence-corrected chi connectivity index (χ4v) is 2.93. The maximum atomic E-state index is 13.7. The molecule has 0 atom stereocenters. The topological polar surface area (TPSA) is 79.2 Å². The minimum atomic E-state index is -3.88. The van der Waals surface area contributed by atoms with Crippen LogP contribution in [0.3, 0.4) is 0 Å². The van der Waals surface area contributed by atoms with Crippen LogP contribution in [0.2, 0.25) is 0 Å². The molecule has 2 aromatic rings. The highest BCUT2D eigenvalue weighted by atomic mass is 32.2. The van der Waals surface area contributed by atoms with Crippen LogP contribution < -0.4 is 8.91 Å². The van der Waals surface area contributed by atoms with E-state index in [1.807, 2.05) is 6.07 Å². The van der Waals surface area contributed by atoms with E-state index in [0.29, 0.717) is 22.3 Å². The van der Waals surface area contributed by atoms with Gasteiger partial charge in [-0.15, -0.1) is 0 Å². The van der Waals surface area contributed by atoms with Crippen molar-refractivity contribution in [2.24, 2.45) is 0 Å². The van der Waals surface area contributed by atoms with Gasteiger partial charge in [-0.25, -0.2) is 4.39 Å². The first kappa shape index (κ1) is 13.5. The number of rotatable bonds is 1. The standard InChI is InChI=1S/C14H9FN2O3S/c15-12-5-11-8-17-21(18,19)20-14(11)13(6-12)10-3-1-9(7-16)2-4-10/h1-6,17H,8H2. The Morgan fingerprint density at radius 2 is 1.95 bits per heavy atom. The number of fused-ring (bicyclic) bond motifs is 1. The Bertz CT molecular complexity index is 855. The van der Waals surface area contributed by atoms with E-state index in [-0.39, 0.29) is 12.3 Å². The Balaban J connectivity index is 2.18. The SMILES string of the molecule is N#Cc1ccc(-c2cc(F)cc3c2OS(=O)(=O)NC3)cc1. The van der Waals surface area contributed by atoms with Gasteiger partial charge in [-0.1, -0.05) is 12.1 Å². The molecule has 5 nitrogen and oxygen atoms in total. The molecule has 3 rings (SSSR count). The second kappa shape index (κ2) is 4.84. The fourth-order valence-electron chi connectivity index (χ4n) is 2.12. The first-order valence-electron chi connectivity index (χ1n) is 6.00. The first-order chi connectivity index (χ1) is 9.98. The molecule has 0 amide bonds. The number of nitrogens with zero attached hydrogens (tertiary/aromatic N) is 1. The van der Waals surface area contributed by atoms with Crippen molar-refractivity contribution in [3.05, 3.63) is 53.3 Å². The highest BCUT2D eigenvalue weighted by Crippen LogP contribution is 2.37. The molecule has 0 bridgehead atoms. The summed E-state index contributed by atoms with van der Waals surface area (Å²) in [5, 5.41) is 8.78. The molecule has 1 aliphatic rings. The molecule has 0 saturated heterocycles. The number of halogens is 1. The van der Waals surface area contributed by atoms with Gasteiger partial charge in [0, 0.05) is 17.7 Å². The van der Waals surface area contributed by atoms with Crippen molar-refractivity contribution in [3.8, 4) is 22.9 Å². The lowest BCUT2D eigenvalue weighted by Gasteiger charge is -2.20. The Labute approximate surface area is 120 Å². The summed E-state index contributed by atoms with van der Waals surface area (Å²) < 4.78 is 43.8. The molecule has 106 valence electrons. The summed E-state index contributed by atoms with van der Waals surface area (Å²) >= 11 is 0. The third-order valence-electron chi connectivity index (χ3n) is 3.09. The van der Waals surface area contributed by atoms with Crippen LogP contribution in [0.25, 0.3) is 11.1 Å². The van der Waals surface area contributed by atoms with Crippen LogP contribution in [0, 0.1) is 17.1 Å². The maximum absolute atomic E-state index is 13.7. The quantitative estimate of drug-likeness (QED) is 0.875. The van der Waals surface area contributed by atoms with E-state index in [0.717, 1.165) is 0 Å². The molecule has 0 spiro atoms. The monoisotopic (exact) mass is 304 g/mol. The predicted molar refractivity (Wildman–Crippen MR) is 72.9 cm³/mol.